The summed E-state index contributed by atoms with van der Waals surface area (Å²) in [6.45, 7) is 1.92. The van der Waals surface area contributed by atoms with Crippen molar-refractivity contribution in [3.8, 4) is 5.75 Å². The first kappa shape index (κ1) is 16.4. The van der Waals surface area contributed by atoms with Gasteiger partial charge in [0.15, 0.2) is 0 Å². The number of rotatable bonds is 4. The highest BCUT2D eigenvalue weighted by molar-refractivity contribution is 7.99. The number of carbonyl (C=O) groups excluding carboxylic acids is 2. The Balaban J connectivity index is 1.92. The Bertz CT molecular complexity index is 673. The van der Waals surface area contributed by atoms with Crippen LogP contribution < -0.4 is 9.64 Å². The maximum absolute atomic E-state index is 12.6. The third-order valence-electron chi connectivity index (χ3n) is 4.19. The van der Waals surface area contributed by atoms with Gasteiger partial charge in [0.05, 0.1) is 10.7 Å². The number of halogens is 1. The second kappa shape index (κ2) is 6.57. The Hall–Kier alpha value is -1.46. The molecule has 0 fully saturated rings. The zero-order valence-electron chi connectivity index (χ0n) is 13.1. The highest BCUT2D eigenvalue weighted by Gasteiger charge is 2.39. The highest BCUT2D eigenvalue weighted by atomic mass is 35.5. The van der Waals surface area contributed by atoms with E-state index in [1.807, 2.05) is 13.2 Å². The van der Waals surface area contributed by atoms with Crippen molar-refractivity contribution in [2.24, 2.45) is 0 Å². The lowest BCUT2D eigenvalue weighted by atomic mass is 9.93. The monoisotopic (exact) mass is 351 g/mol. The number of hydrogen-bond donors (Lipinski definition) is 0. The van der Waals surface area contributed by atoms with Gasteiger partial charge in [0.1, 0.15) is 11.2 Å². The lowest BCUT2D eigenvalue weighted by Gasteiger charge is -2.18. The smallest absolute Gasteiger partial charge is 0.261 e. The molecule has 1 unspecified atom stereocenters. The van der Waals surface area contributed by atoms with Crippen molar-refractivity contribution in [1.29, 1.82) is 0 Å². The highest BCUT2D eigenvalue weighted by Crippen LogP contribution is 2.38. The molecule has 1 aromatic carbocycles. The molecule has 0 bridgehead atoms. The topological polar surface area (TPSA) is 46.6 Å². The van der Waals surface area contributed by atoms with Crippen molar-refractivity contribution in [2.75, 3.05) is 11.2 Å². The molecule has 23 heavy (non-hydrogen) atoms. The Labute approximate surface area is 144 Å². The third kappa shape index (κ3) is 3.00. The number of amides is 2. The number of benzene rings is 1. The van der Waals surface area contributed by atoms with Crippen molar-refractivity contribution >= 4 is 40.9 Å². The first-order valence-corrected chi connectivity index (χ1v) is 9.29. The molecule has 3 rings (SSSR count). The van der Waals surface area contributed by atoms with Crippen LogP contribution in [-0.4, -0.2) is 23.5 Å². The van der Waals surface area contributed by atoms with E-state index >= 15 is 0 Å². The summed E-state index contributed by atoms with van der Waals surface area (Å²) in [5, 5.41) is 0.464. The fraction of sp³-hybridized carbons (Fsp3) is 0.412. The van der Waals surface area contributed by atoms with Crippen LogP contribution in [0.1, 0.15) is 32.6 Å². The molecule has 0 N–H and O–H groups in total. The average Bonchev–Trinajstić information content (AvgIpc) is 2.81. The Morgan fingerprint density at radius 1 is 1.17 bits per heavy atom. The first-order valence-electron chi connectivity index (χ1n) is 7.62. The van der Waals surface area contributed by atoms with Gasteiger partial charge in [-0.2, -0.15) is 0 Å². The number of nitrogens with zero attached hydrogens (tertiary/aromatic N) is 1. The summed E-state index contributed by atoms with van der Waals surface area (Å²) in [6.07, 6.45) is 5.25. The van der Waals surface area contributed by atoms with Crippen molar-refractivity contribution in [1.82, 2.24) is 0 Å². The van der Waals surface area contributed by atoms with Gasteiger partial charge in [-0.3, -0.25) is 9.59 Å². The zero-order valence-corrected chi connectivity index (χ0v) is 14.7. The van der Waals surface area contributed by atoms with Gasteiger partial charge in [0.25, 0.3) is 11.8 Å². The number of anilines is 1. The van der Waals surface area contributed by atoms with E-state index in [0.29, 0.717) is 40.4 Å². The molecule has 0 saturated carbocycles. The number of imide groups is 1. The molecule has 4 nitrogen and oxygen atoms in total. The molecule has 0 spiro atoms. The summed E-state index contributed by atoms with van der Waals surface area (Å²) >= 11 is 7.71. The molecule has 1 heterocycles. The fourth-order valence-electron chi connectivity index (χ4n) is 2.92. The van der Waals surface area contributed by atoms with Crippen LogP contribution in [0.5, 0.6) is 5.75 Å². The van der Waals surface area contributed by atoms with E-state index in [1.54, 1.807) is 30.0 Å². The van der Waals surface area contributed by atoms with E-state index < -0.39 is 0 Å². The molecule has 2 amide bonds. The predicted octanol–water partition coefficient (Wildman–Crippen LogP) is 4.17. The number of carbonyl (C=O) groups is 2. The number of hydrogen-bond acceptors (Lipinski definition) is 4. The van der Waals surface area contributed by atoms with Crippen molar-refractivity contribution in [3.63, 3.8) is 0 Å². The van der Waals surface area contributed by atoms with Crippen LogP contribution in [0.3, 0.4) is 0 Å². The van der Waals surface area contributed by atoms with Gasteiger partial charge < -0.3 is 4.74 Å². The molecule has 1 aliphatic heterocycles. The summed E-state index contributed by atoms with van der Waals surface area (Å²) < 4.78 is 5.75. The van der Waals surface area contributed by atoms with Gasteiger partial charge in [0, 0.05) is 17.2 Å². The predicted molar refractivity (Wildman–Crippen MR) is 93.0 cm³/mol. The van der Waals surface area contributed by atoms with E-state index in [4.69, 9.17) is 16.3 Å². The molecule has 1 atom stereocenters. The van der Waals surface area contributed by atoms with Gasteiger partial charge in [-0.1, -0.05) is 11.6 Å². The largest absolute Gasteiger partial charge is 0.478 e. The summed E-state index contributed by atoms with van der Waals surface area (Å²) in [5.74, 6) is 0.0864. The normalized spacial score (nSPS) is 19.2. The Morgan fingerprint density at radius 3 is 2.35 bits per heavy atom. The zero-order chi connectivity index (χ0) is 16.6. The summed E-state index contributed by atoms with van der Waals surface area (Å²) in [7, 11) is 0. The van der Waals surface area contributed by atoms with Gasteiger partial charge >= 0.3 is 0 Å². The van der Waals surface area contributed by atoms with Gasteiger partial charge in [-0.25, -0.2) is 4.90 Å². The average molecular weight is 352 g/mol. The van der Waals surface area contributed by atoms with Crippen LogP contribution in [-0.2, 0) is 9.59 Å². The minimum atomic E-state index is -0.198. The molecule has 0 radical (unpaired) electrons. The van der Waals surface area contributed by atoms with Crippen LogP contribution in [0.25, 0.3) is 0 Å². The molecule has 0 saturated heterocycles. The SMILES string of the molecule is CSC(C)Oc1cc(N2C(=O)C3=C(CCCC3)C2=O)ccc1Cl. The Morgan fingerprint density at radius 2 is 1.78 bits per heavy atom. The molecule has 2 aliphatic rings. The second-order valence-corrected chi connectivity index (χ2v) is 7.19. The first-order chi connectivity index (χ1) is 11.0. The standard InChI is InChI=1S/C17H18ClNO3S/c1-10(23-2)22-15-9-11(7-8-14(15)18)19-16(20)12-5-3-4-6-13(12)17(19)21/h7-10H,3-6H2,1-2H3. The summed E-state index contributed by atoms with van der Waals surface area (Å²) in [4.78, 5) is 26.4. The van der Waals surface area contributed by atoms with Crippen molar-refractivity contribution in [2.45, 2.75) is 38.0 Å². The quantitative estimate of drug-likeness (QED) is 0.603. The molecule has 1 aliphatic carbocycles. The van der Waals surface area contributed by atoms with E-state index in [9.17, 15) is 9.59 Å². The van der Waals surface area contributed by atoms with Crippen molar-refractivity contribution < 1.29 is 14.3 Å². The maximum Gasteiger partial charge on any atom is 0.261 e. The van der Waals surface area contributed by atoms with Crippen LogP contribution >= 0.6 is 23.4 Å². The number of thioether (sulfide) groups is 1. The lowest BCUT2D eigenvalue weighted by Crippen LogP contribution is -2.31. The van der Waals surface area contributed by atoms with E-state index in [-0.39, 0.29) is 17.3 Å². The van der Waals surface area contributed by atoms with E-state index in [0.717, 1.165) is 12.8 Å². The summed E-state index contributed by atoms with van der Waals surface area (Å²) in [5.41, 5.74) is 1.80. The molecule has 1 aromatic rings. The molecular formula is C17H18ClNO3S. The molecule has 0 aromatic heterocycles. The molecular weight excluding hydrogens is 334 g/mol. The fourth-order valence-corrected chi connectivity index (χ4v) is 3.28. The van der Waals surface area contributed by atoms with Crippen LogP contribution in [0.15, 0.2) is 29.3 Å². The van der Waals surface area contributed by atoms with E-state index in [2.05, 4.69) is 0 Å². The van der Waals surface area contributed by atoms with Crippen LogP contribution in [0.4, 0.5) is 5.69 Å². The van der Waals surface area contributed by atoms with Gasteiger partial charge in [0.2, 0.25) is 0 Å². The second-order valence-electron chi connectivity index (χ2n) is 5.65. The minimum absolute atomic E-state index is 0.0703. The van der Waals surface area contributed by atoms with Gasteiger partial charge in [-0.05, 0) is 51.0 Å². The molecule has 6 heteroatoms. The minimum Gasteiger partial charge on any atom is -0.478 e. The van der Waals surface area contributed by atoms with E-state index in [1.165, 1.54) is 4.90 Å². The van der Waals surface area contributed by atoms with Crippen molar-refractivity contribution in [3.05, 3.63) is 34.4 Å². The maximum atomic E-state index is 12.6. The van der Waals surface area contributed by atoms with Crippen LogP contribution in [0, 0.1) is 0 Å². The Kier molecular flexibility index (Phi) is 4.69. The summed E-state index contributed by atoms with van der Waals surface area (Å²) in [6, 6.07) is 5.02. The van der Waals surface area contributed by atoms with Crippen LogP contribution in [0.2, 0.25) is 5.02 Å². The lowest BCUT2D eigenvalue weighted by molar-refractivity contribution is -0.120. The third-order valence-corrected chi connectivity index (χ3v) is 5.26. The number of ether oxygens (including phenoxy) is 1. The molecule has 122 valence electrons. The van der Waals surface area contributed by atoms with Gasteiger partial charge in [-0.15, -0.1) is 11.8 Å².